The maximum absolute atomic E-state index is 10.9. The predicted molar refractivity (Wildman–Crippen MR) is 59.5 cm³/mol. The maximum Gasteiger partial charge on any atom is 0.439 e. The molecule has 0 fully saturated rings. The van der Waals surface area contributed by atoms with E-state index in [1.54, 1.807) is 6.07 Å². The molecular formula is C10H10ClN3O2. The maximum atomic E-state index is 10.9. The van der Waals surface area contributed by atoms with Crippen LogP contribution in [-0.4, -0.2) is 15.1 Å². The number of hydrogen-bond donors (Lipinski definition) is 1. The predicted octanol–water partition coefficient (Wildman–Crippen LogP) is 2.20. The first kappa shape index (κ1) is 10.9. The first-order valence-electron chi connectivity index (χ1n) is 4.80. The van der Waals surface area contributed by atoms with Gasteiger partial charge < -0.3 is 0 Å². The summed E-state index contributed by atoms with van der Waals surface area (Å²) in [6.07, 6.45) is 0. The topological polar surface area (TPSA) is 71.8 Å². The Morgan fingerprint density at radius 1 is 1.44 bits per heavy atom. The van der Waals surface area contributed by atoms with Gasteiger partial charge >= 0.3 is 5.76 Å². The lowest BCUT2D eigenvalue weighted by Crippen LogP contribution is -2.00. The van der Waals surface area contributed by atoms with Crippen LogP contribution in [-0.2, 0) is 0 Å². The van der Waals surface area contributed by atoms with Crippen LogP contribution >= 0.6 is 11.6 Å². The number of aromatic amines is 1. The Morgan fingerprint density at radius 2 is 2.19 bits per heavy atom. The van der Waals surface area contributed by atoms with E-state index in [-0.39, 0.29) is 5.92 Å². The molecule has 0 aliphatic heterocycles. The van der Waals surface area contributed by atoms with E-state index in [9.17, 15) is 4.79 Å². The van der Waals surface area contributed by atoms with Crippen molar-refractivity contribution >= 4 is 11.6 Å². The van der Waals surface area contributed by atoms with E-state index in [0.717, 1.165) is 5.56 Å². The Hall–Kier alpha value is -1.62. The molecule has 0 amide bonds. The second-order valence-corrected chi connectivity index (χ2v) is 4.06. The van der Waals surface area contributed by atoms with Crippen LogP contribution in [0.15, 0.2) is 21.5 Å². The molecule has 16 heavy (non-hydrogen) atoms. The Balaban J connectivity index is 2.62. The van der Waals surface area contributed by atoms with E-state index in [1.165, 1.54) is 0 Å². The highest BCUT2D eigenvalue weighted by Crippen LogP contribution is 2.26. The van der Waals surface area contributed by atoms with Crippen LogP contribution in [0.4, 0.5) is 0 Å². The van der Waals surface area contributed by atoms with Gasteiger partial charge in [-0.1, -0.05) is 36.7 Å². The normalized spacial score (nSPS) is 11.0. The van der Waals surface area contributed by atoms with Gasteiger partial charge in [0.15, 0.2) is 0 Å². The monoisotopic (exact) mass is 239 g/mol. The SMILES string of the molecule is CC(C)c1ccc(Cl)nc1-c1noc(=O)[nH]1. The van der Waals surface area contributed by atoms with Gasteiger partial charge in [0.2, 0.25) is 5.82 Å². The van der Waals surface area contributed by atoms with Crippen molar-refractivity contribution in [1.29, 1.82) is 0 Å². The van der Waals surface area contributed by atoms with Gasteiger partial charge in [-0.25, -0.2) is 9.78 Å². The van der Waals surface area contributed by atoms with Crippen molar-refractivity contribution in [2.24, 2.45) is 0 Å². The number of hydrogen-bond acceptors (Lipinski definition) is 4. The highest BCUT2D eigenvalue weighted by Gasteiger charge is 2.14. The molecule has 0 bridgehead atoms. The first-order chi connectivity index (χ1) is 7.58. The number of H-pyrrole nitrogens is 1. The lowest BCUT2D eigenvalue weighted by Gasteiger charge is -2.09. The van der Waals surface area contributed by atoms with Crippen molar-refractivity contribution in [3.63, 3.8) is 0 Å². The molecule has 0 aliphatic carbocycles. The van der Waals surface area contributed by atoms with Crippen LogP contribution in [0.5, 0.6) is 0 Å². The molecule has 6 heteroatoms. The van der Waals surface area contributed by atoms with Gasteiger partial charge in [0, 0.05) is 0 Å². The Labute approximate surface area is 96.5 Å². The highest BCUT2D eigenvalue weighted by atomic mass is 35.5. The second-order valence-electron chi connectivity index (χ2n) is 3.67. The van der Waals surface area contributed by atoms with E-state index in [1.807, 2.05) is 19.9 Å². The van der Waals surface area contributed by atoms with E-state index in [0.29, 0.717) is 16.7 Å². The fourth-order valence-electron chi connectivity index (χ4n) is 1.43. The van der Waals surface area contributed by atoms with Crippen LogP contribution in [0.25, 0.3) is 11.5 Å². The smallest absolute Gasteiger partial charge is 0.296 e. The Bertz CT molecular complexity index is 559. The van der Waals surface area contributed by atoms with Crippen molar-refractivity contribution in [1.82, 2.24) is 15.1 Å². The minimum atomic E-state index is -0.605. The first-order valence-corrected chi connectivity index (χ1v) is 5.18. The quantitative estimate of drug-likeness (QED) is 0.816. The van der Waals surface area contributed by atoms with Crippen molar-refractivity contribution < 1.29 is 4.52 Å². The average molecular weight is 240 g/mol. The zero-order valence-electron chi connectivity index (χ0n) is 8.82. The minimum Gasteiger partial charge on any atom is -0.296 e. The summed E-state index contributed by atoms with van der Waals surface area (Å²) in [5.74, 6) is -0.0531. The highest BCUT2D eigenvalue weighted by molar-refractivity contribution is 6.29. The van der Waals surface area contributed by atoms with E-state index >= 15 is 0 Å². The molecule has 2 aromatic heterocycles. The molecule has 2 rings (SSSR count). The fraction of sp³-hybridized carbons (Fsp3) is 0.300. The molecule has 0 aromatic carbocycles. The molecule has 1 N–H and O–H groups in total. The van der Waals surface area contributed by atoms with E-state index in [2.05, 4.69) is 19.6 Å². The molecule has 0 radical (unpaired) electrons. The lowest BCUT2D eigenvalue weighted by atomic mass is 10.0. The molecule has 0 atom stereocenters. The van der Waals surface area contributed by atoms with Crippen molar-refractivity contribution in [3.05, 3.63) is 33.4 Å². The van der Waals surface area contributed by atoms with Gasteiger partial charge in [0.25, 0.3) is 0 Å². The third kappa shape index (κ3) is 1.99. The fourth-order valence-corrected chi connectivity index (χ4v) is 1.58. The summed E-state index contributed by atoms with van der Waals surface area (Å²) in [6, 6.07) is 3.57. The van der Waals surface area contributed by atoms with Crippen molar-refractivity contribution in [3.8, 4) is 11.5 Å². The molecule has 0 aliphatic rings. The summed E-state index contributed by atoms with van der Waals surface area (Å²) in [5, 5.41) is 3.96. The second kappa shape index (κ2) is 4.09. The summed E-state index contributed by atoms with van der Waals surface area (Å²) in [7, 11) is 0. The number of rotatable bonds is 2. The van der Waals surface area contributed by atoms with Gasteiger partial charge in [0.05, 0.1) is 0 Å². The van der Waals surface area contributed by atoms with Gasteiger partial charge in [-0.15, -0.1) is 0 Å². The molecule has 0 saturated heterocycles. The van der Waals surface area contributed by atoms with Crippen LogP contribution < -0.4 is 5.76 Å². The summed E-state index contributed by atoms with van der Waals surface area (Å²) >= 11 is 5.82. The number of pyridine rings is 1. The molecule has 5 nitrogen and oxygen atoms in total. The molecule has 0 spiro atoms. The zero-order valence-corrected chi connectivity index (χ0v) is 9.58. The minimum absolute atomic E-state index is 0.250. The Morgan fingerprint density at radius 3 is 2.75 bits per heavy atom. The number of nitrogens with zero attached hydrogens (tertiary/aromatic N) is 2. The van der Waals surface area contributed by atoms with Crippen LogP contribution in [0.3, 0.4) is 0 Å². The van der Waals surface area contributed by atoms with Gasteiger partial charge in [-0.05, 0) is 17.5 Å². The molecule has 84 valence electrons. The summed E-state index contributed by atoms with van der Waals surface area (Å²) < 4.78 is 4.45. The van der Waals surface area contributed by atoms with E-state index < -0.39 is 5.76 Å². The standard InChI is InChI=1S/C10H10ClN3O2/c1-5(2)6-3-4-7(11)12-8(6)9-13-10(15)16-14-9/h3-5H,1-2H3,(H,13,14,15). The van der Waals surface area contributed by atoms with Crippen LogP contribution in [0.2, 0.25) is 5.15 Å². The lowest BCUT2D eigenvalue weighted by molar-refractivity contribution is 0.387. The van der Waals surface area contributed by atoms with Crippen molar-refractivity contribution in [2.75, 3.05) is 0 Å². The molecule has 0 unspecified atom stereocenters. The van der Waals surface area contributed by atoms with Gasteiger partial charge in [0.1, 0.15) is 10.8 Å². The number of nitrogens with one attached hydrogen (secondary N) is 1. The van der Waals surface area contributed by atoms with Crippen LogP contribution in [0.1, 0.15) is 25.3 Å². The Kier molecular flexibility index (Phi) is 2.78. The summed E-state index contributed by atoms with van der Waals surface area (Å²) in [6.45, 7) is 4.04. The number of aromatic nitrogens is 3. The summed E-state index contributed by atoms with van der Waals surface area (Å²) in [4.78, 5) is 17.5. The van der Waals surface area contributed by atoms with E-state index in [4.69, 9.17) is 11.6 Å². The molecule has 2 aromatic rings. The van der Waals surface area contributed by atoms with Crippen molar-refractivity contribution in [2.45, 2.75) is 19.8 Å². The third-order valence-corrected chi connectivity index (χ3v) is 2.39. The van der Waals surface area contributed by atoms with Gasteiger partial charge in [-0.2, -0.15) is 0 Å². The largest absolute Gasteiger partial charge is 0.439 e. The molecule has 0 saturated carbocycles. The molecular weight excluding hydrogens is 230 g/mol. The average Bonchev–Trinajstić information content (AvgIpc) is 2.64. The third-order valence-electron chi connectivity index (χ3n) is 2.18. The molecule has 2 heterocycles. The van der Waals surface area contributed by atoms with Crippen LogP contribution in [0, 0.1) is 0 Å². The number of halogens is 1. The summed E-state index contributed by atoms with van der Waals surface area (Å²) in [5.41, 5.74) is 1.50. The zero-order chi connectivity index (χ0) is 11.7. The van der Waals surface area contributed by atoms with Gasteiger partial charge in [-0.3, -0.25) is 9.51 Å².